The Bertz CT molecular complexity index is 525. The Morgan fingerprint density at radius 2 is 2.16 bits per heavy atom. The number of thiophene rings is 1. The van der Waals surface area contributed by atoms with Crippen molar-refractivity contribution in [2.75, 3.05) is 13.1 Å². The normalized spacial score (nSPS) is 25.6. The second-order valence-electron chi connectivity index (χ2n) is 5.18. The van der Waals surface area contributed by atoms with E-state index in [1.807, 2.05) is 19.9 Å². The minimum absolute atomic E-state index is 0.0694. The van der Waals surface area contributed by atoms with Gasteiger partial charge in [-0.1, -0.05) is 6.92 Å². The second-order valence-corrected chi connectivity index (χ2v) is 8.46. The highest BCUT2D eigenvalue weighted by atomic mass is 32.2. The van der Waals surface area contributed by atoms with E-state index in [2.05, 4.69) is 0 Å². The first kappa shape index (κ1) is 15.0. The van der Waals surface area contributed by atoms with E-state index >= 15 is 0 Å². The van der Waals surface area contributed by atoms with Crippen LogP contribution in [-0.2, 0) is 16.4 Å². The van der Waals surface area contributed by atoms with E-state index in [0.717, 1.165) is 24.1 Å². The SMILES string of the molecule is CCc1ccc(S(=O)(=O)N2CC(CN)CCC2C)s1. The molecule has 2 heterocycles. The number of hydrogen-bond donors (Lipinski definition) is 1. The lowest BCUT2D eigenvalue weighted by Crippen LogP contribution is -2.46. The van der Waals surface area contributed by atoms with Gasteiger partial charge in [0.25, 0.3) is 10.0 Å². The molecule has 108 valence electrons. The molecule has 4 nitrogen and oxygen atoms in total. The summed E-state index contributed by atoms with van der Waals surface area (Å²) in [5.41, 5.74) is 5.70. The molecule has 0 saturated carbocycles. The molecule has 0 radical (unpaired) electrons. The van der Waals surface area contributed by atoms with Gasteiger partial charge in [-0.15, -0.1) is 11.3 Å². The van der Waals surface area contributed by atoms with E-state index in [0.29, 0.717) is 17.3 Å². The summed E-state index contributed by atoms with van der Waals surface area (Å²) in [6.45, 7) is 5.14. The lowest BCUT2D eigenvalue weighted by atomic mass is 9.96. The Labute approximate surface area is 119 Å². The van der Waals surface area contributed by atoms with Crippen molar-refractivity contribution in [3.05, 3.63) is 17.0 Å². The summed E-state index contributed by atoms with van der Waals surface area (Å²) in [6, 6.07) is 3.71. The van der Waals surface area contributed by atoms with Gasteiger partial charge in [0.2, 0.25) is 0 Å². The molecule has 19 heavy (non-hydrogen) atoms. The fourth-order valence-corrected chi connectivity index (χ4v) is 5.64. The summed E-state index contributed by atoms with van der Waals surface area (Å²) < 4.78 is 27.5. The summed E-state index contributed by atoms with van der Waals surface area (Å²) in [6.07, 6.45) is 2.79. The van der Waals surface area contributed by atoms with Crippen LogP contribution in [-0.4, -0.2) is 31.9 Å². The zero-order valence-electron chi connectivity index (χ0n) is 11.5. The minimum atomic E-state index is -3.35. The molecule has 1 saturated heterocycles. The number of rotatable bonds is 4. The molecule has 1 aliphatic rings. The molecular weight excluding hydrogens is 280 g/mol. The highest BCUT2D eigenvalue weighted by Crippen LogP contribution is 2.31. The van der Waals surface area contributed by atoms with Crippen LogP contribution in [0.1, 0.15) is 31.6 Å². The topological polar surface area (TPSA) is 63.4 Å². The number of aryl methyl sites for hydroxylation is 1. The summed E-state index contributed by atoms with van der Waals surface area (Å²) in [5.74, 6) is 0.289. The maximum atomic E-state index is 12.7. The zero-order valence-corrected chi connectivity index (χ0v) is 13.1. The molecule has 6 heteroatoms. The predicted octanol–water partition coefficient (Wildman–Crippen LogP) is 2.06. The molecule has 0 amide bonds. The van der Waals surface area contributed by atoms with Crippen LogP contribution in [0.2, 0.25) is 0 Å². The first-order valence-corrected chi connectivity index (χ1v) is 9.05. The number of nitrogens with two attached hydrogens (primary N) is 1. The summed E-state index contributed by atoms with van der Waals surface area (Å²) in [4.78, 5) is 1.11. The predicted molar refractivity (Wildman–Crippen MR) is 78.8 cm³/mol. The molecule has 2 unspecified atom stereocenters. The van der Waals surface area contributed by atoms with Crippen LogP contribution < -0.4 is 5.73 Å². The fraction of sp³-hybridized carbons (Fsp3) is 0.692. The van der Waals surface area contributed by atoms with Crippen molar-refractivity contribution in [2.24, 2.45) is 11.7 Å². The van der Waals surface area contributed by atoms with Gasteiger partial charge in [0.15, 0.2) is 0 Å². The van der Waals surface area contributed by atoms with Gasteiger partial charge in [0, 0.05) is 17.5 Å². The molecule has 0 aromatic carbocycles. The quantitative estimate of drug-likeness (QED) is 0.926. The van der Waals surface area contributed by atoms with Gasteiger partial charge in [0.1, 0.15) is 4.21 Å². The molecule has 0 spiro atoms. The van der Waals surface area contributed by atoms with E-state index in [4.69, 9.17) is 5.73 Å². The molecule has 0 bridgehead atoms. The zero-order chi connectivity index (χ0) is 14.0. The van der Waals surface area contributed by atoms with Crippen molar-refractivity contribution in [3.8, 4) is 0 Å². The van der Waals surface area contributed by atoms with Crippen molar-refractivity contribution in [2.45, 2.75) is 43.4 Å². The van der Waals surface area contributed by atoms with E-state index in [-0.39, 0.29) is 12.0 Å². The van der Waals surface area contributed by atoms with E-state index in [9.17, 15) is 8.42 Å². The number of nitrogens with zero attached hydrogens (tertiary/aromatic N) is 1. The highest BCUT2D eigenvalue weighted by molar-refractivity contribution is 7.91. The average molecular weight is 302 g/mol. The van der Waals surface area contributed by atoms with Crippen LogP contribution >= 0.6 is 11.3 Å². The third-order valence-corrected chi connectivity index (χ3v) is 7.48. The first-order valence-electron chi connectivity index (χ1n) is 6.79. The van der Waals surface area contributed by atoms with Gasteiger partial charge in [-0.2, -0.15) is 4.31 Å². The van der Waals surface area contributed by atoms with Gasteiger partial charge < -0.3 is 5.73 Å². The van der Waals surface area contributed by atoms with E-state index in [1.54, 1.807) is 10.4 Å². The molecular formula is C13H22N2O2S2. The second kappa shape index (κ2) is 5.91. The summed E-state index contributed by atoms with van der Waals surface area (Å²) in [7, 11) is -3.35. The minimum Gasteiger partial charge on any atom is -0.330 e. The monoisotopic (exact) mass is 302 g/mol. The van der Waals surface area contributed by atoms with Crippen LogP contribution in [0.25, 0.3) is 0 Å². The number of piperidine rings is 1. The fourth-order valence-electron chi connectivity index (χ4n) is 2.48. The van der Waals surface area contributed by atoms with Crippen LogP contribution in [0, 0.1) is 5.92 Å². The Balaban J connectivity index is 2.26. The molecule has 2 atom stereocenters. The lowest BCUT2D eigenvalue weighted by Gasteiger charge is -2.36. The van der Waals surface area contributed by atoms with Crippen LogP contribution in [0.5, 0.6) is 0 Å². The molecule has 1 aliphatic heterocycles. The van der Waals surface area contributed by atoms with E-state index < -0.39 is 10.0 Å². The smallest absolute Gasteiger partial charge is 0.252 e. The maximum Gasteiger partial charge on any atom is 0.252 e. The average Bonchev–Trinajstić information content (AvgIpc) is 2.88. The largest absolute Gasteiger partial charge is 0.330 e. The van der Waals surface area contributed by atoms with Crippen molar-refractivity contribution in [1.29, 1.82) is 0 Å². The maximum absolute atomic E-state index is 12.7. The summed E-state index contributed by atoms with van der Waals surface area (Å²) >= 11 is 1.38. The van der Waals surface area contributed by atoms with Crippen LogP contribution in [0.4, 0.5) is 0 Å². The van der Waals surface area contributed by atoms with Gasteiger partial charge in [-0.05, 0) is 50.8 Å². The van der Waals surface area contributed by atoms with Crippen molar-refractivity contribution >= 4 is 21.4 Å². The molecule has 2 rings (SSSR count). The third kappa shape index (κ3) is 3.02. The standard InChI is InChI=1S/C13H22N2O2S2/c1-3-12-6-7-13(18-12)19(16,17)15-9-11(8-14)5-4-10(15)2/h6-7,10-11H,3-5,8-9,14H2,1-2H3. The number of hydrogen-bond acceptors (Lipinski definition) is 4. The highest BCUT2D eigenvalue weighted by Gasteiger charge is 2.35. The van der Waals surface area contributed by atoms with Crippen molar-refractivity contribution in [3.63, 3.8) is 0 Å². The van der Waals surface area contributed by atoms with E-state index in [1.165, 1.54) is 11.3 Å². The Hall–Kier alpha value is -0.430. The third-order valence-electron chi connectivity index (χ3n) is 3.80. The van der Waals surface area contributed by atoms with Gasteiger partial charge in [-0.25, -0.2) is 8.42 Å². The Morgan fingerprint density at radius 3 is 2.74 bits per heavy atom. The molecule has 1 aromatic rings. The molecule has 1 aromatic heterocycles. The Morgan fingerprint density at radius 1 is 1.42 bits per heavy atom. The Kier molecular flexibility index (Phi) is 4.66. The van der Waals surface area contributed by atoms with Crippen molar-refractivity contribution in [1.82, 2.24) is 4.31 Å². The van der Waals surface area contributed by atoms with Crippen LogP contribution in [0.3, 0.4) is 0 Å². The molecule has 1 fully saturated rings. The van der Waals surface area contributed by atoms with Crippen LogP contribution in [0.15, 0.2) is 16.3 Å². The van der Waals surface area contributed by atoms with Crippen molar-refractivity contribution < 1.29 is 8.42 Å². The van der Waals surface area contributed by atoms with Gasteiger partial charge in [0.05, 0.1) is 0 Å². The lowest BCUT2D eigenvalue weighted by molar-refractivity contribution is 0.211. The molecule has 2 N–H and O–H groups in total. The summed E-state index contributed by atoms with van der Waals surface area (Å²) in [5, 5.41) is 0. The first-order chi connectivity index (χ1) is 8.98. The van der Waals surface area contributed by atoms with Gasteiger partial charge in [-0.3, -0.25) is 0 Å². The molecule has 0 aliphatic carbocycles. The van der Waals surface area contributed by atoms with Gasteiger partial charge >= 0.3 is 0 Å². The number of sulfonamides is 1.